The van der Waals surface area contributed by atoms with Crippen LogP contribution in [0.1, 0.15) is 11.3 Å². The summed E-state index contributed by atoms with van der Waals surface area (Å²) in [7, 11) is 0. The number of hydrogen-bond acceptors (Lipinski definition) is 4. The Kier molecular flexibility index (Phi) is 3.26. The number of nitrogens with one attached hydrogen (secondary N) is 1. The summed E-state index contributed by atoms with van der Waals surface area (Å²) in [6.07, 6.45) is 2.72. The number of pyridine rings is 1. The van der Waals surface area contributed by atoms with Crippen LogP contribution in [0.2, 0.25) is 5.02 Å². The Labute approximate surface area is 106 Å². The molecule has 0 saturated heterocycles. The molecule has 2 aromatic heterocycles. The van der Waals surface area contributed by atoms with Gasteiger partial charge >= 0.3 is 5.69 Å². The third kappa shape index (κ3) is 2.31. The fourth-order valence-corrected chi connectivity index (χ4v) is 1.62. The van der Waals surface area contributed by atoms with Crippen LogP contribution in [-0.2, 0) is 6.54 Å². The Bertz CT molecular complexity index is 742. The summed E-state index contributed by atoms with van der Waals surface area (Å²) >= 11 is 5.64. The van der Waals surface area contributed by atoms with E-state index in [4.69, 9.17) is 16.9 Å². The van der Waals surface area contributed by atoms with Gasteiger partial charge in [0, 0.05) is 18.0 Å². The first-order valence-electron chi connectivity index (χ1n) is 4.95. The molecule has 90 valence electrons. The molecular weight excluding hydrogens is 256 g/mol. The fraction of sp³-hybridized carbons (Fsp3) is 0.0909. The molecule has 0 bridgehead atoms. The van der Waals surface area contributed by atoms with Crippen molar-refractivity contribution in [2.75, 3.05) is 0 Å². The third-order valence-electron chi connectivity index (χ3n) is 2.31. The van der Waals surface area contributed by atoms with Crippen LogP contribution < -0.4 is 11.2 Å². The molecule has 7 heteroatoms. The van der Waals surface area contributed by atoms with Crippen molar-refractivity contribution in [3.05, 3.63) is 61.6 Å². The van der Waals surface area contributed by atoms with Crippen LogP contribution in [0.15, 0.2) is 34.1 Å². The predicted molar refractivity (Wildman–Crippen MR) is 64.4 cm³/mol. The predicted octanol–water partition coefficient (Wildman–Crippen LogP) is 0.505. The number of halogens is 1. The topological polar surface area (TPSA) is 91.5 Å². The molecule has 2 heterocycles. The SMILES string of the molecule is N#Cc1ncccc1Cn1cc(Cl)c(=O)[nH]c1=O. The smallest absolute Gasteiger partial charge is 0.295 e. The zero-order valence-corrected chi connectivity index (χ0v) is 9.81. The molecule has 0 aliphatic heterocycles. The summed E-state index contributed by atoms with van der Waals surface area (Å²) < 4.78 is 1.21. The van der Waals surface area contributed by atoms with Crippen LogP contribution in [0.4, 0.5) is 0 Å². The molecule has 2 rings (SSSR count). The van der Waals surface area contributed by atoms with Gasteiger partial charge in [-0.1, -0.05) is 17.7 Å². The monoisotopic (exact) mass is 262 g/mol. The minimum Gasteiger partial charge on any atom is -0.295 e. The van der Waals surface area contributed by atoms with Gasteiger partial charge in [-0.25, -0.2) is 9.78 Å². The van der Waals surface area contributed by atoms with Gasteiger partial charge < -0.3 is 0 Å². The van der Waals surface area contributed by atoms with Gasteiger partial charge in [-0.05, 0) is 6.07 Å². The van der Waals surface area contributed by atoms with Crippen molar-refractivity contribution in [3.8, 4) is 6.07 Å². The van der Waals surface area contributed by atoms with Crippen molar-refractivity contribution in [2.45, 2.75) is 6.54 Å². The van der Waals surface area contributed by atoms with E-state index < -0.39 is 11.2 Å². The molecule has 0 aliphatic carbocycles. The number of nitriles is 1. The maximum Gasteiger partial charge on any atom is 0.328 e. The van der Waals surface area contributed by atoms with Gasteiger partial charge in [0.2, 0.25) is 0 Å². The Morgan fingerprint density at radius 2 is 2.28 bits per heavy atom. The lowest BCUT2D eigenvalue weighted by Crippen LogP contribution is -2.30. The number of nitrogens with zero attached hydrogens (tertiary/aromatic N) is 3. The molecule has 0 aliphatic rings. The van der Waals surface area contributed by atoms with E-state index in [0.29, 0.717) is 5.56 Å². The average molecular weight is 263 g/mol. The van der Waals surface area contributed by atoms with Crippen molar-refractivity contribution in [1.29, 1.82) is 5.26 Å². The molecular formula is C11H7ClN4O2. The second kappa shape index (κ2) is 4.85. The van der Waals surface area contributed by atoms with Crippen LogP contribution in [0.25, 0.3) is 0 Å². The first kappa shape index (κ1) is 12.1. The Hall–Kier alpha value is -2.39. The molecule has 6 nitrogen and oxygen atoms in total. The van der Waals surface area contributed by atoms with E-state index in [0.717, 1.165) is 0 Å². The fourth-order valence-electron chi connectivity index (χ4n) is 1.45. The molecule has 0 atom stereocenters. The number of hydrogen-bond donors (Lipinski definition) is 1. The summed E-state index contributed by atoms with van der Waals surface area (Å²) in [5.74, 6) is 0. The summed E-state index contributed by atoms with van der Waals surface area (Å²) in [5, 5.41) is 8.79. The molecule has 0 fully saturated rings. The van der Waals surface area contributed by atoms with Gasteiger partial charge in [0.25, 0.3) is 5.56 Å². The maximum absolute atomic E-state index is 11.5. The minimum atomic E-state index is -0.635. The first-order valence-corrected chi connectivity index (χ1v) is 5.33. The molecule has 0 spiro atoms. The van der Waals surface area contributed by atoms with Crippen LogP contribution in [-0.4, -0.2) is 14.5 Å². The van der Waals surface area contributed by atoms with Crippen LogP contribution in [0.5, 0.6) is 0 Å². The number of H-pyrrole nitrogens is 1. The first-order chi connectivity index (χ1) is 8.61. The van der Waals surface area contributed by atoms with Crippen molar-refractivity contribution < 1.29 is 0 Å². The molecule has 0 aromatic carbocycles. The number of rotatable bonds is 2. The standard InChI is InChI=1S/C11H7ClN4O2/c12-8-6-16(11(18)15-10(8)17)5-7-2-1-3-14-9(7)4-13/h1-3,6H,5H2,(H,15,17,18). The van der Waals surface area contributed by atoms with E-state index in [1.54, 1.807) is 12.1 Å². The van der Waals surface area contributed by atoms with Gasteiger partial charge in [-0.15, -0.1) is 0 Å². The largest absolute Gasteiger partial charge is 0.328 e. The van der Waals surface area contributed by atoms with Crippen molar-refractivity contribution in [3.63, 3.8) is 0 Å². The summed E-state index contributed by atoms with van der Waals surface area (Å²) in [6.45, 7) is 0.117. The number of aromatic nitrogens is 3. The van der Waals surface area contributed by atoms with E-state index in [1.807, 2.05) is 6.07 Å². The van der Waals surface area contributed by atoms with Crippen LogP contribution in [0, 0.1) is 11.3 Å². The van der Waals surface area contributed by atoms with Crippen LogP contribution >= 0.6 is 11.6 Å². The lowest BCUT2D eigenvalue weighted by Gasteiger charge is -2.06. The van der Waals surface area contributed by atoms with Crippen molar-refractivity contribution in [2.24, 2.45) is 0 Å². The summed E-state index contributed by atoms with van der Waals surface area (Å²) in [6, 6.07) is 5.27. The average Bonchev–Trinajstić information content (AvgIpc) is 2.36. The molecule has 0 amide bonds. The van der Waals surface area contributed by atoms with Gasteiger partial charge in [0.05, 0.1) is 6.54 Å². The van der Waals surface area contributed by atoms with E-state index in [9.17, 15) is 9.59 Å². The minimum absolute atomic E-state index is 0.0861. The number of aromatic amines is 1. The zero-order chi connectivity index (χ0) is 13.1. The Balaban J connectivity index is 2.47. The molecule has 2 aromatic rings. The third-order valence-corrected chi connectivity index (χ3v) is 2.57. The van der Waals surface area contributed by atoms with E-state index >= 15 is 0 Å². The van der Waals surface area contributed by atoms with E-state index in [2.05, 4.69) is 9.97 Å². The van der Waals surface area contributed by atoms with Crippen LogP contribution in [0.3, 0.4) is 0 Å². The molecule has 0 unspecified atom stereocenters. The van der Waals surface area contributed by atoms with Gasteiger partial charge in [-0.2, -0.15) is 5.26 Å². The van der Waals surface area contributed by atoms with E-state index in [-0.39, 0.29) is 17.3 Å². The van der Waals surface area contributed by atoms with Crippen molar-refractivity contribution >= 4 is 11.6 Å². The highest BCUT2D eigenvalue weighted by Crippen LogP contribution is 2.06. The highest BCUT2D eigenvalue weighted by molar-refractivity contribution is 6.30. The summed E-state index contributed by atoms with van der Waals surface area (Å²) in [5.41, 5.74) is -0.418. The second-order valence-corrected chi connectivity index (χ2v) is 3.89. The molecule has 18 heavy (non-hydrogen) atoms. The molecule has 0 saturated carbocycles. The lowest BCUT2D eigenvalue weighted by atomic mass is 10.2. The maximum atomic E-state index is 11.5. The van der Waals surface area contributed by atoms with E-state index in [1.165, 1.54) is 17.0 Å². The Morgan fingerprint density at radius 1 is 1.50 bits per heavy atom. The Morgan fingerprint density at radius 3 is 3.00 bits per heavy atom. The highest BCUT2D eigenvalue weighted by atomic mass is 35.5. The zero-order valence-electron chi connectivity index (χ0n) is 9.05. The quantitative estimate of drug-likeness (QED) is 0.853. The summed E-state index contributed by atoms with van der Waals surface area (Å²) in [4.78, 5) is 28.6. The van der Waals surface area contributed by atoms with Crippen molar-refractivity contribution in [1.82, 2.24) is 14.5 Å². The van der Waals surface area contributed by atoms with Gasteiger partial charge in [-0.3, -0.25) is 14.3 Å². The van der Waals surface area contributed by atoms with Gasteiger partial charge in [0.15, 0.2) is 0 Å². The van der Waals surface area contributed by atoms with Gasteiger partial charge in [0.1, 0.15) is 16.8 Å². The molecule has 0 radical (unpaired) electrons. The lowest BCUT2D eigenvalue weighted by molar-refractivity contribution is 0.717. The normalized spacial score (nSPS) is 10.0. The molecule has 1 N–H and O–H groups in total. The highest BCUT2D eigenvalue weighted by Gasteiger charge is 2.06. The second-order valence-electron chi connectivity index (χ2n) is 3.49.